The predicted molar refractivity (Wildman–Crippen MR) is 78.6 cm³/mol. The van der Waals surface area contributed by atoms with Gasteiger partial charge in [-0.25, -0.2) is 0 Å². The highest BCUT2D eigenvalue weighted by Gasteiger charge is 2.26. The first-order valence-corrected chi connectivity index (χ1v) is 7.39. The van der Waals surface area contributed by atoms with E-state index >= 15 is 0 Å². The third kappa shape index (κ3) is 3.16. The molecule has 21 heavy (non-hydrogen) atoms. The van der Waals surface area contributed by atoms with E-state index in [9.17, 15) is 0 Å². The lowest BCUT2D eigenvalue weighted by Gasteiger charge is -2.38. The number of likely N-dealkylation sites (tertiary alicyclic amines) is 1. The van der Waals surface area contributed by atoms with E-state index in [4.69, 9.17) is 8.94 Å². The largest absolute Gasteiger partial charge is 0.472 e. The molecule has 1 saturated heterocycles. The van der Waals surface area contributed by atoms with Crippen molar-refractivity contribution in [1.82, 2.24) is 19.9 Å². The lowest BCUT2D eigenvalue weighted by atomic mass is 9.98. The zero-order chi connectivity index (χ0) is 14.8. The van der Waals surface area contributed by atoms with Gasteiger partial charge in [-0.1, -0.05) is 5.16 Å². The molecule has 2 atom stereocenters. The minimum Gasteiger partial charge on any atom is -0.472 e. The molecule has 2 aromatic rings. The van der Waals surface area contributed by atoms with Gasteiger partial charge in [-0.2, -0.15) is 4.98 Å². The van der Waals surface area contributed by atoms with Crippen LogP contribution in [0.1, 0.15) is 25.7 Å². The van der Waals surface area contributed by atoms with Crippen LogP contribution in [-0.4, -0.2) is 52.7 Å². The number of nitrogens with zero attached hydrogens (tertiary/aromatic N) is 4. The van der Waals surface area contributed by atoms with Gasteiger partial charge in [0.15, 0.2) is 0 Å². The van der Waals surface area contributed by atoms with Gasteiger partial charge in [-0.3, -0.25) is 4.90 Å². The third-order valence-corrected chi connectivity index (χ3v) is 4.44. The normalized spacial score (nSPS) is 23.8. The number of aromatic nitrogens is 2. The summed E-state index contributed by atoms with van der Waals surface area (Å²) in [6.45, 7) is 4.11. The van der Waals surface area contributed by atoms with Crippen molar-refractivity contribution in [2.75, 3.05) is 20.6 Å². The molecule has 3 rings (SSSR count). The van der Waals surface area contributed by atoms with Gasteiger partial charge in [0, 0.05) is 12.1 Å². The lowest BCUT2D eigenvalue weighted by Crippen LogP contribution is -2.46. The Kier molecular flexibility index (Phi) is 4.07. The Hall–Kier alpha value is -1.66. The summed E-state index contributed by atoms with van der Waals surface area (Å²) in [5, 5.41) is 4.00. The first-order valence-electron chi connectivity index (χ1n) is 7.39. The minimum absolute atomic E-state index is 0.570. The van der Waals surface area contributed by atoms with E-state index in [0.717, 1.165) is 12.1 Å². The molecule has 1 aliphatic heterocycles. The highest BCUT2D eigenvalue weighted by atomic mass is 16.5. The first kappa shape index (κ1) is 14.3. The van der Waals surface area contributed by atoms with Gasteiger partial charge in [-0.15, -0.1) is 0 Å². The number of rotatable bonds is 4. The molecule has 0 aromatic carbocycles. The van der Waals surface area contributed by atoms with E-state index in [2.05, 4.69) is 41.0 Å². The average molecular weight is 290 g/mol. The van der Waals surface area contributed by atoms with Crippen LogP contribution >= 0.6 is 0 Å². The molecule has 0 aliphatic carbocycles. The fraction of sp³-hybridized carbons (Fsp3) is 0.600. The van der Waals surface area contributed by atoms with Crippen molar-refractivity contribution in [3.8, 4) is 11.4 Å². The maximum atomic E-state index is 5.34. The zero-order valence-corrected chi connectivity index (χ0v) is 12.8. The van der Waals surface area contributed by atoms with Crippen LogP contribution in [0.3, 0.4) is 0 Å². The maximum Gasteiger partial charge on any atom is 0.241 e. The van der Waals surface area contributed by atoms with E-state index < -0.39 is 0 Å². The molecule has 114 valence electrons. The molecule has 0 spiro atoms. The van der Waals surface area contributed by atoms with Crippen molar-refractivity contribution in [3.05, 3.63) is 24.5 Å². The molecule has 1 fully saturated rings. The number of furan rings is 1. The monoisotopic (exact) mass is 290 g/mol. The van der Waals surface area contributed by atoms with Crippen LogP contribution in [0.15, 0.2) is 27.5 Å². The second-order valence-corrected chi connectivity index (χ2v) is 5.95. The zero-order valence-electron chi connectivity index (χ0n) is 12.8. The summed E-state index contributed by atoms with van der Waals surface area (Å²) in [5.41, 5.74) is 0.848. The molecule has 0 bridgehead atoms. The van der Waals surface area contributed by atoms with Crippen LogP contribution < -0.4 is 0 Å². The van der Waals surface area contributed by atoms with Crippen LogP contribution in [0, 0.1) is 0 Å². The fourth-order valence-corrected chi connectivity index (χ4v) is 2.84. The van der Waals surface area contributed by atoms with Gasteiger partial charge in [-0.05, 0) is 46.5 Å². The summed E-state index contributed by atoms with van der Waals surface area (Å²) >= 11 is 0. The van der Waals surface area contributed by atoms with Crippen LogP contribution in [0.5, 0.6) is 0 Å². The van der Waals surface area contributed by atoms with Crippen LogP contribution in [0.25, 0.3) is 11.4 Å². The topological polar surface area (TPSA) is 58.5 Å². The summed E-state index contributed by atoms with van der Waals surface area (Å²) in [6, 6.07) is 3.02. The molecule has 0 N–H and O–H groups in total. The molecule has 6 heteroatoms. The van der Waals surface area contributed by atoms with Crippen molar-refractivity contribution >= 4 is 0 Å². The smallest absolute Gasteiger partial charge is 0.241 e. The summed E-state index contributed by atoms with van der Waals surface area (Å²) in [5.74, 6) is 1.24. The van der Waals surface area contributed by atoms with Gasteiger partial charge >= 0.3 is 0 Å². The Labute approximate surface area is 124 Å². The molecule has 0 radical (unpaired) electrons. The van der Waals surface area contributed by atoms with Crippen molar-refractivity contribution in [2.24, 2.45) is 0 Å². The van der Waals surface area contributed by atoms with Gasteiger partial charge in [0.2, 0.25) is 11.7 Å². The quantitative estimate of drug-likeness (QED) is 0.860. The summed E-state index contributed by atoms with van der Waals surface area (Å²) in [6.07, 6.45) is 5.59. The van der Waals surface area contributed by atoms with Crippen LogP contribution in [0.4, 0.5) is 0 Å². The van der Waals surface area contributed by atoms with E-state index in [1.165, 1.54) is 12.8 Å². The predicted octanol–water partition coefficient (Wildman–Crippen LogP) is 2.24. The Morgan fingerprint density at radius 1 is 1.48 bits per heavy atom. The van der Waals surface area contributed by atoms with E-state index in [1.807, 2.05) is 6.07 Å². The fourth-order valence-electron chi connectivity index (χ4n) is 2.84. The molecular weight excluding hydrogens is 268 g/mol. The van der Waals surface area contributed by atoms with E-state index in [1.54, 1.807) is 12.5 Å². The van der Waals surface area contributed by atoms with E-state index in [0.29, 0.717) is 30.3 Å². The molecule has 1 aliphatic rings. The summed E-state index contributed by atoms with van der Waals surface area (Å²) in [7, 11) is 4.32. The Bertz CT molecular complexity index is 566. The molecule has 3 heterocycles. The second-order valence-electron chi connectivity index (χ2n) is 5.95. The first-order chi connectivity index (χ1) is 10.1. The Morgan fingerprint density at radius 2 is 2.33 bits per heavy atom. The van der Waals surface area contributed by atoms with Crippen LogP contribution in [0.2, 0.25) is 0 Å². The highest BCUT2D eigenvalue weighted by molar-refractivity contribution is 5.51. The average Bonchev–Trinajstić information content (AvgIpc) is 3.12. The highest BCUT2D eigenvalue weighted by Crippen LogP contribution is 2.21. The maximum absolute atomic E-state index is 5.34. The van der Waals surface area contributed by atoms with Crippen molar-refractivity contribution in [3.63, 3.8) is 0 Å². The van der Waals surface area contributed by atoms with Crippen molar-refractivity contribution < 1.29 is 8.94 Å². The Balaban J connectivity index is 1.61. The SMILES string of the molecule is C[C@@H]1C[C@@H](N(C)Cc2nc(-c3ccoc3)no2)CCN1C. The molecular formula is C15H22N4O2. The minimum atomic E-state index is 0.570. The molecule has 6 nitrogen and oxygen atoms in total. The molecule has 2 aromatic heterocycles. The third-order valence-electron chi connectivity index (χ3n) is 4.44. The summed E-state index contributed by atoms with van der Waals surface area (Å²) in [4.78, 5) is 9.16. The van der Waals surface area contributed by atoms with Gasteiger partial charge in [0.25, 0.3) is 0 Å². The standard InChI is InChI=1S/C15H22N4O2/c1-11-8-13(4-6-18(11)2)19(3)9-14-16-15(17-21-14)12-5-7-20-10-12/h5,7,10-11,13H,4,6,8-9H2,1-3H3/t11-,13+/m1/s1. The van der Waals surface area contributed by atoms with Gasteiger partial charge < -0.3 is 13.8 Å². The van der Waals surface area contributed by atoms with Gasteiger partial charge in [0.1, 0.15) is 6.26 Å². The van der Waals surface area contributed by atoms with Crippen molar-refractivity contribution in [2.45, 2.75) is 38.4 Å². The van der Waals surface area contributed by atoms with E-state index in [-0.39, 0.29) is 0 Å². The molecule has 0 saturated carbocycles. The number of hydrogen-bond donors (Lipinski definition) is 0. The van der Waals surface area contributed by atoms with Crippen LogP contribution in [-0.2, 0) is 6.54 Å². The summed E-state index contributed by atoms with van der Waals surface area (Å²) < 4.78 is 10.4. The molecule has 0 unspecified atom stereocenters. The van der Waals surface area contributed by atoms with Crippen molar-refractivity contribution in [1.29, 1.82) is 0 Å². The number of hydrogen-bond acceptors (Lipinski definition) is 6. The lowest BCUT2D eigenvalue weighted by molar-refractivity contribution is 0.0938. The van der Waals surface area contributed by atoms with Gasteiger partial charge in [0.05, 0.1) is 18.4 Å². The number of piperidine rings is 1. The second kappa shape index (κ2) is 5.99. The Morgan fingerprint density at radius 3 is 3.05 bits per heavy atom. The molecule has 0 amide bonds.